The standard InChI is InChI=1S/C12H14FNO2/c1-8(6-14-12(15)11-7-16-11)9-3-2-4-10(13)5-9/h2-5,8,11H,6-7H2,1H3,(H,14,15). The zero-order chi connectivity index (χ0) is 11.5. The van der Waals surface area contributed by atoms with Crippen molar-refractivity contribution in [3.8, 4) is 0 Å². The Hall–Kier alpha value is -1.42. The van der Waals surface area contributed by atoms with Crippen molar-refractivity contribution in [1.82, 2.24) is 5.32 Å². The molecule has 0 bridgehead atoms. The Kier molecular flexibility index (Phi) is 3.19. The van der Waals surface area contributed by atoms with E-state index in [1.54, 1.807) is 6.07 Å². The summed E-state index contributed by atoms with van der Waals surface area (Å²) in [6.07, 6.45) is -0.264. The van der Waals surface area contributed by atoms with Gasteiger partial charge in [0.25, 0.3) is 5.91 Å². The number of nitrogens with one attached hydrogen (secondary N) is 1. The average molecular weight is 223 g/mol. The van der Waals surface area contributed by atoms with E-state index in [0.717, 1.165) is 5.56 Å². The van der Waals surface area contributed by atoms with Gasteiger partial charge in [-0.05, 0) is 23.6 Å². The molecule has 4 heteroatoms. The van der Waals surface area contributed by atoms with Crippen LogP contribution >= 0.6 is 0 Å². The molecular formula is C12H14FNO2. The van der Waals surface area contributed by atoms with E-state index >= 15 is 0 Å². The number of rotatable bonds is 4. The molecule has 1 aromatic rings. The first kappa shape index (κ1) is 11.1. The van der Waals surface area contributed by atoms with E-state index in [0.29, 0.717) is 13.2 Å². The summed E-state index contributed by atoms with van der Waals surface area (Å²) >= 11 is 0. The summed E-state index contributed by atoms with van der Waals surface area (Å²) in [5.41, 5.74) is 0.886. The van der Waals surface area contributed by atoms with Gasteiger partial charge in [0.1, 0.15) is 5.82 Å². The Morgan fingerprint density at radius 2 is 2.44 bits per heavy atom. The monoisotopic (exact) mass is 223 g/mol. The number of amides is 1. The fourth-order valence-corrected chi connectivity index (χ4v) is 1.50. The van der Waals surface area contributed by atoms with E-state index in [4.69, 9.17) is 4.74 Å². The highest BCUT2D eigenvalue weighted by Crippen LogP contribution is 2.16. The molecule has 3 nitrogen and oxygen atoms in total. The van der Waals surface area contributed by atoms with Gasteiger partial charge in [-0.3, -0.25) is 4.79 Å². The second kappa shape index (κ2) is 4.61. The molecule has 86 valence electrons. The predicted octanol–water partition coefficient (Wildman–Crippen LogP) is 1.44. The highest BCUT2D eigenvalue weighted by atomic mass is 19.1. The van der Waals surface area contributed by atoms with Crippen molar-refractivity contribution in [3.05, 3.63) is 35.6 Å². The van der Waals surface area contributed by atoms with Gasteiger partial charge < -0.3 is 10.1 Å². The van der Waals surface area contributed by atoms with Gasteiger partial charge >= 0.3 is 0 Å². The van der Waals surface area contributed by atoms with Crippen LogP contribution in [0.15, 0.2) is 24.3 Å². The predicted molar refractivity (Wildman–Crippen MR) is 57.6 cm³/mol. The SMILES string of the molecule is CC(CNC(=O)C1CO1)c1cccc(F)c1. The molecule has 0 saturated carbocycles. The number of carbonyl (C=O) groups is 1. The molecule has 1 saturated heterocycles. The van der Waals surface area contributed by atoms with E-state index in [-0.39, 0.29) is 23.7 Å². The van der Waals surface area contributed by atoms with Gasteiger partial charge in [-0.2, -0.15) is 0 Å². The van der Waals surface area contributed by atoms with Crippen LogP contribution < -0.4 is 5.32 Å². The normalized spacial score (nSPS) is 20.2. The molecule has 0 aromatic heterocycles. The Morgan fingerprint density at radius 1 is 1.69 bits per heavy atom. The average Bonchev–Trinajstić information content (AvgIpc) is 3.09. The summed E-state index contributed by atoms with van der Waals surface area (Å²) in [6, 6.07) is 6.43. The van der Waals surface area contributed by atoms with Crippen molar-refractivity contribution in [2.75, 3.05) is 13.2 Å². The van der Waals surface area contributed by atoms with Crippen molar-refractivity contribution in [3.63, 3.8) is 0 Å². The molecule has 0 aliphatic carbocycles. The van der Waals surface area contributed by atoms with Gasteiger partial charge in [0.2, 0.25) is 0 Å². The third-order valence-electron chi connectivity index (χ3n) is 2.63. The Labute approximate surface area is 93.6 Å². The molecule has 1 aliphatic heterocycles. The van der Waals surface area contributed by atoms with Crippen LogP contribution in [-0.2, 0) is 9.53 Å². The fraction of sp³-hybridized carbons (Fsp3) is 0.417. The number of carbonyl (C=O) groups excluding carboxylic acids is 1. The van der Waals surface area contributed by atoms with Crippen molar-refractivity contribution in [2.45, 2.75) is 18.9 Å². The molecule has 2 rings (SSSR count). The zero-order valence-corrected chi connectivity index (χ0v) is 9.07. The third kappa shape index (κ3) is 2.79. The van der Waals surface area contributed by atoms with Crippen LogP contribution in [0.3, 0.4) is 0 Å². The molecule has 1 fully saturated rings. The van der Waals surface area contributed by atoms with Gasteiger partial charge in [0.05, 0.1) is 6.61 Å². The van der Waals surface area contributed by atoms with Crippen LogP contribution in [0.2, 0.25) is 0 Å². The number of epoxide rings is 1. The lowest BCUT2D eigenvalue weighted by Crippen LogP contribution is -2.31. The van der Waals surface area contributed by atoms with Crippen molar-refractivity contribution >= 4 is 5.91 Å². The summed E-state index contributed by atoms with van der Waals surface area (Å²) in [5.74, 6) is -0.233. The third-order valence-corrected chi connectivity index (χ3v) is 2.63. The summed E-state index contributed by atoms with van der Waals surface area (Å²) in [6.45, 7) is 2.96. The summed E-state index contributed by atoms with van der Waals surface area (Å²) < 4.78 is 17.8. The lowest BCUT2D eigenvalue weighted by molar-refractivity contribution is -0.122. The number of benzene rings is 1. The molecule has 2 unspecified atom stereocenters. The van der Waals surface area contributed by atoms with E-state index in [2.05, 4.69) is 5.32 Å². The number of hydrogen-bond acceptors (Lipinski definition) is 2. The summed E-state index contributed by atoms with van der Waals surface area (Å²) in [5, 5.41) is 2.78. The molecule has 1 aromatic carbocycles. The first-order valence-electron chi connectivity index (χ1n) is 5.31. The number of ether oxygens (including phenoxy) is 1. The minimum atomic E-state index is -0.264. The highest BCUT2D eigenvalue weighted by Gasteiger charge is 2.31. The van der Waals surface area contributed by atoms with Crippen molar-refractivity contribution < 1.29 is 13.9 Å². The summed E-state index contributed by atoms with van der Waals surface area (Å²) in [7, 11) is 0. The minimum absolute atomic E-state index is 0.0803. The van der Waals surface area contributed by atoms with Crippen LogP contribution in [0.25, 0.3) is 0 Å². The van der Waals surface area contributed by atoms with E-state index < -0.39 is 0 Å². The Bertz CT molecular complexity index is 390. The maximum atomic E-state index is 13.0. The second-order valence-corrected chi connectivity index (χ2v) is 4.02. The van der Waals surface area contributed by atoms with Crippen molar-refractivity contribution in [2.24, 2.45) is 0 Å². The minimum Gasteiger partial charge on any atom is -0.363 e. The molecule has 1 heterocycles. The fourth-order valence-electron chi connectivity index (χ4n) is 1.50. The molecule has 2 atom stereocenters. The van der Waals surface area contributed by atoms with Gasteiger partial charge in [-0.15, -0.1) is 0 Å². The lowest BCUT2D eigenvalue weighted by atomic mass is 10.0. The lowest BCUT2D eigenvalue weighted by Gasteiger charge is -2.12. The topological polar surface area (TPSA) is 41.6 Å². The zero-order valence-electron chi connectivity index (χ0n) is 9.07. The highest BCUT2D eigenvalue weighted by molar-refractivity contribution is 5.82. The van der Waals surface area contributed by atoms with E-state index in [1.807, 2.05) is 13.0 Å². The summed E-state index contributed by atoms with van der Waals surface area (Å²) in [4.78, 5) is 11.3. The maximum absolute atomic E-state index is 13.0. The van der Waals surface area contributed by atoms with Crippen molar-refractivity contribution in [1.29, 1.82) is 0 Å². The molecule has 1 N–H and O–H groups in total. The van der Waals surface area contributed by atoms with Crippen LogP contribution in [0, 0.1) is 5.82 Å². The smallest absolute Gasteiger partial charge is 0.251 e. The van der Waals surface area contributed by atoms with E-state index in [1.165, 1.54) is 12.1 Å². The van der Waals surface area contributed by atoms with Crippen LogP contribution in [0.5, 0.6) is 0 Å². The molecule has 0 radical (unpaired) electrons. The molecule has 1 amide bonds. The Balaban J connectivity index is 1.87. The van der Waals surface area contributed by atoms with Crippen LogP contribution in [0.4, 0.5) is 4.39 Å². The number of halogens is 1. The van der Waals surface area contributed by atoms with E-state index in [9.17, 15) is 9.18 Å². The molecular weight excluding hydrogens is 209 g/mol. The van der Waals surface area contributed by atoms with Gasteiger partial charge in [0, 0.05) is 6.54 Å². The largest absolute Gasteiger partial charge is 0.363 e. The maximum Gasteiger partial charge on any atom is 0.251 e. The van der Waals surface area contributed by atoms with Gasteiger partial charge in [0.15, 0.2) is 6.10 Å². The van der Waals surface area contributed by atoms with Crippen LogP contribution in [-0.4, -0.2) is 25.2 Å². The molecule has 16 heavy (non-hydrogen) atoms. The first-order valence-corrected chi connectivity index (χ1v) is 5.31. The molecule has 1 aliphatic rings. The molecule has 0 spiro atoms. The first-order chi connectivity index (χ1) is 7.66. The Morgan fingerprint density at radius 3 is 3.06 bits per heavy atom. The van der Waals surface area contributed by atoms with Gasteiger partial charge in [-0.1, -0.05) is 19.1 Å². The van der Waals surface area contributed by atoms with Gasteiger partial charge in [-0.25, -0.2) is 4.39 Å². The second-order valence-electron chi connectivity index (χ2n) is 4.02. The number of hydrogen-bond donors (Lipinski definition) is 1. The quantitative estimate of drug-likeness (QED) is 0.785. The van der Waals surface area contributed by atoms with Crippen LogP contribution in [0.1, 0.15) is 18.4 Å².